The van der Waals surface area contributed by atoms with E-state index in [0.29, 0.717) is 0 Å². The number of fused-ring (bicyclic) bond motifs is 14. The van der Waals surface area contributed by atoms with Gasteiger partial charge in [-0.2, -0.15) is 0 Å². The molecule has 0 fully saturated rings. The van der Waals surface area contributed by atoms with E-state index in [0.717, 1.165) is 50.1 Å². The third kappa shape index (κ3) is 5.49. The summed E-state index contributed by atoms with van der Waals surface area (Å²) in [5.41, 5.74) is 7.26. The first-order chi connectivity index (χ1) is 32.7. The van der Waals surface area contributed by atoms with Gasteiger partial charge in [-0.1, -0.05) is 188 Å². The summed E-state index contributed by atoms with van der Waals surface area (Å²) in [6, 6.07) is 87.1. The topological polar surface area (TPSA) is 16.4 Å². The molecule has 1 aromatic heterocycles. The monoisotopic (exact) mass is 837 g/mol. The number of anilines is 3. The Hall–Kier alpha value is -8.72. The molecular formula is C64H39NO. The average Bonchev–Trinajstić information content (AvgIpc) is 3.76. The van der Waals surface area contributed by atoms with E-state index < -0.39 is 0 Å². The molecule has 0 atom stereocenters. The van der Waals surface area contributed by atoms with Gasteiger partial charge in [0.2, 0.25) is 0 Å². The molecule has 0 aliphatic rings. The van der Waals surface area contributed by atoms with Crippen LogP contribution in [0.4, 0.5) is 17.1 Å². The minimum atomic E-state index is 0.872. The lowest BCUT2D eigenvalue weighted by Gasteiger charge is -2.28. The molecule has 1 heterocycles. The summed E-state index contributed by atoms with van der Waals surface area (Å²) in [7, 11) is 0. The molecule has 0 radical (unpaired) electrons. The highest BCUT2D eigenvalue weighted by Gasteiger charge is 2.21. The lowest BCUT2D eigenvalue weighted by molar-refractivity contribution is 0.669. The second-order valence-electron chi connectivity index (χ2n) is 17.5. The van der Waals surface area contributed by atoms with E-state index in [1.165, 1.54) is 86.2 Å². The van der Waals surface area contributed by atoms with E-state index in [-0.39, 0.29) is 0 Å². The Labute approximate surface area is 380 Å². The van der Waals surface area contributed by atoms with Gasteiger partial charge in [-0.15, -0.1) is 0 Å². The minimum Gasteiger partial charge on any atom is -0.456 e. The smallest absolute Gasteiger partial charge is 0.135 e. The molecule has 0 unspecified atom stereocenters. The Morgan fingerprint density at radius 3 is 1.52 bits per heavy atom. The van der Waals surface area contributed by atoms with Gasteiger partial charge in [0.15, 0.2) is 0 Å². The molecule has 14 rings (SSSR count). The number of rotatable bonds is 4. The Kier molecular flexibility index (Phi) is 8.02. The molecule has 0 N–H and O–H groups in total. The first kappa shape index (κ1) is 36.7. The number of hydrogen-bond acceptors (Lipinski definition) is 2. The Bertz CT molecular complexity index is 4340. The number of benzene rings is 12. The minimum absolute atomic E-state index is 0.872. The van der Waals surface area contributed by atoms with Crippen molar-refractivity contribution < 1.29 is 4.42 Å². The van der Waals surface area contributed by atoms with Crippen molar-refractivity contribution in [3.8, 4) is 11.1 Å². The Morgan fingerprint density at radius 1 is 0.258 bits per heavy atom. The van der Waals surface area contributed by atoms with Crippen molar-refractivity contribution in [3.05, 3.63) is 237 Å². The summed E-state index contributed by atoms with van der Waals surface area (Å²) in [6.07, 6.45) is 0. The molecule has 66 heavy (non-hydrogen) atoms. The van der Waals surface area contributed by atoms with Crippen LogP contribution < -0.4 is 4.90 Å². The van der Waals surface area contributed by atoms with Gasteiger partial charge in [-0.05, 0) is 140 Å². The van der Waals surface area contributed by atoms with Crippen molar-refractivity contribution in [2.45, 2.75) is 0 Å². The zero-order valence-electron chi connectivity index (χ0n) is 35.9. The quantitative estimate of drug-likeness (QED) is 0.164. The second kappa shape index (κ2) is 14.4. The Morgan fingerprint density at radius 2 is 0.773 bits per heavy atom. The first-order valence-corrected chi connectivity index (χ1v) is 22.7. The highest BCUT2D eigenvalue weighted by atomic mass is 16.3. The normalized spacial score (nSPS) is 11.9. The van der Waals surface area contributed by atoms with Gasteiger partial charge in [-0.25, -0.2) is 0 Å². The molecule has 306 valence electrons. The molecule has 0 spiro atoms. The maximum absolute atomic E-state index is 6.39. The zero-order valence-corrected chi connectivity index (χ0v) is 35.9. The van der Waals surface area contributed by atoms with Crippen LogP contribution in [0.3, 0.4) is 0 Å². The number of furan rings is 1. The molecule has 14 aromatic rings. The van der Waals surface area contributed by atoms with Crippen LogP contribution in [0.5, 0.6) is 0 Å². The van der Waals surface area contributed by atoms with Gasteiger partial charge in [0.1, 0.15) is 11.2 Å². The van der Waals surface area contributed by atoms with Crippen LogP contribution in [0.2, 0.25) is 0 Å². The molecular weight excluding hydrogens is 799 g/mol. The molecule has 2 nitrogen and oxygen atoms in total. The van der Waals surface area contributed by atoms with Gasteiger partial charge >= 0.3 is 0 Å². The lowest BCUT2D eigenvalue weighted by Crippen LogP contribution is -2.11. The van der Waals surface area contributed by atoms with Crippen molar-refractivity contribution in [2.75, 3.05) is 4.90 Å². The molecule has 2 heteroatoms. The van der Waals surface area contributed by atoms with Gasteiger partial charge in [0, 0.05) is 27.7 Å². The standard InChI is InChI=1S/C64H39NO/c1-2-15-40(16-3-1)46-19-10-12-27-59(46)65(45-33-36-61-57(39-45)53-25-11-13-28-60(53)66-61)44-32-35-52-56(38-44)51-24-7-6-22-49(51)47-20-4-5-21-48(47)50-23-8-9-26-54(50)64-55-34-31-42-18-14-17-41-29-30-43(37-58(52)64)63(55)62(41)42/h1-39H. The van der Waals surface area contributed by atoms with Crippen LogP contribution in [0, 0.1) is 0 Å². The van der Waals surface area contributed by atoms with Crippen LogP contribution in [0.15, 0.2) is 241 Å². The van der Waals surface area contributed by atoms with Crippen molar-refractivity contribution in [1.82, 2.24) is 0 Å². The van der Waals surface area contributed by atoms with Crippen molar-refractivity contribution >= 4 is 125 Å². The molecule has 0 saturated heterocycles. The number of hydrogen-bond donors (Lipinski definition) is 0. The third-order valence-corrected chi connectivity index (χ3v) is 14.0. The van der Waals surface area contributed by atoms with E-state index in [4.69, 9.17) is 4.42 Å². The highest BCUT2D eigenvalue weighted by molar-refractivity contribution is 6.36. The lowest BCUT2D eigenvalue weighted by atomic mass is 9.88. The third-order valence-electron chi connectivity index (χ3n) is 14.0. The van der Waals surface area contributed by atoms with E-state index in [2.05, 4.69) is 235 Å². The first-order valence-electron chi connectivity index (χ1n) is 22.7. The fraction of sp³-hybridized carbons (Fsp3) is 0. The summed E-state index contributed by atoms with van der Waals surface area (Å²) in [6.45, 7) is 0. The Balaban J connectivity index is 1.19. The van der Waals surface area contributed by atoms with Gasteiger partial charge in [0.25, 0.3) is 0 Å². The largest absolute Gasteiger partial charge is 0.456 e. The maximum atomic E-state index is 6.39. The molecule has 0 saturated carbocycles. The fourth-order valence-electron chi connectivity index (χ4n) is 11.1. The average molecular weight is 838 g/mol. The zero-order chi connectivity index (χ0) is 43.3. The van der Waals surface area contributed by atoms with Gasteiger partial charge < -0.3 is 9.32 Å². The van der Waals surface area contributed by atoms with Crippen molar-refractivity contribution in [1.29, 1.82) is 0 Å². The van der Waals surface area contributed by atoms with E-state index in [9.17, 15) is 0 Å². The summed E-state index contributed by atoms with van der Waals surface area (Å²) >= 11 is 0. The maximum Gasteiger partial charge on any atom is 0.135 e. The van der Waals surface area contributed by atoms with Crippen molar-refractivity contribution in [3.63, 3.8) is 0 Å². The second-order valence-corrected chi connectivity index (χ2v) is 17.5. The van der Waals surface area contributed by atoms with Crippen LogP contribution in [0.25, 0.3) is 119 Å². The summed E-state index contributed by atoms with van der Waals surface area (Å²) in [5.74, 6) is 0. The van der Waals surface area contributed by atoms with Crippen molar-refractivity contribution in [2.24, 2.45) is 0 Å². The molecule has 0 amide bonds. The van der Waals surface area contributed by atoms with Crippen LogP contribution in [-0.2, 0) is 0 Å². The summed E-state index contributed by atoms with van der Waals surface area (Å²) in [5, 5.41) is 21.9. The van der Waals surface area contributed by atoms with Crippen LogP contribution in [-0.4, -0.2) is 0 Å². The highest BCUT2D eigenvalue weighted by Crippen LogP contribution is 2.47. The molecule has 0 aliphatic heterocycles. The van der Waals surface area contributed by atoms with Crippen LogP contribution >= 0.6 is 0 Å². The van der Waals surface area contributed by atoms with E-state index >= 15 is 0 Å². The molecule has 13 aromatic carbocycles. The molecule has 0 bridgehead atoms. The summed E-state index contributed by atoms with van der Waals surface area (Å²) < 4.78 is 6.39. The summed E-state index contributed by atoms with van der Waals surface area (Å²) in [4.78, 5) is 2.44. The van der Waals surface area contributed by atoms with Crippen LogP contribution in [0.1, 0.15) is 0 Å². The predicted molar refractivity (Wildman–Crippen MR) is 283 cm³/mol. The number of nitrogens with zero attached hydrogens (tertiary/aromatic N) is 1. The number of para-hydroxylation sites is 2. The molecule has 0 aliphatic carbocycles. The van der Waals surface area contributed by atoms with Gasteiger partial charge in [0.05, 0.1) is 5.69 Å². The van der Waals surface area contributed by atoms with Gasteiger partial charge in [-0.3, -0.25) is 0 Å². The van der Waals surface area contributed by atoms with E-state index in [1.54, 1.807) is 0 Å². The SMILES string of the molecule is c1ccc(-c2ccccc2N(c2ccc3oc4ccccc4c3c2)c2ccc3c(c2)c2ccccc2c2ccccc2c2ccccc2c2c3cc3ccc4cccc5ccc2c3c45)cc1. The van der Waals surface area contributed by atoms with E-state index in [1.807, 2.05) is 6.07 Å². The predicted octanol–water partition coefficient (Wildman–Crippen LogP) is 18.5. The fourth-order valence-corrected chi connectivity index (χ4v) is 11.1.